The Morgan fingerprint density at radius 1 is 1.30 bits per heavy atom. The maximum Gasteiger partial charge on any atom is 0.303 e. The number of aryl methyl sites for hydroxylation is 1. The van der Waals surface area contributed by atoms with Gasteiger partial charge in [-0.1, -0.05) is 0 Å². The predicted molar refractivity (Wildman–Crippen MR) is 71.0 cm³/mol. The first kappa shape index (κ1) is 12.5. The number of nitrogens with one attached hydrogen (secondary N) is 1. The third-order valence-electron chi connectivity index (χ3n) is 3.05. The van der Waals surface area contributed by atoms with E-state index in [1.807, 2.05) is 18.2 Å². The molecule has 2 aromatic rings. The van der Waals surface area contributed by atoms with E-state index in [1.54, 1.807) is 6.20 Å². The van der Waals surface area contributed by atoms with E-state index in [9.17, 15) is 4.79 Å². The lowest BCUT2D eigenvalue weighted by Crippen LogP contribution is -2.15. The minimum atomic E-state index is -0.819. The maximum absolute atomic E-state index is 10.5. The smallest absolute Gasteiger partial charge is 0.303 e. The zero-order valence-electron chi connectivity index (χ0n) is 10.8. The summed E-state index contributed by atoms with van der Waals surface area (Å²) in [4.78, 5) is 17.9. The number of aromatic amines is 1. The highest BCUT2D eigenvalue weighted by Crippen LogP contribution is 2.33. The Kier molecular flexibility index (Phi) is 3.28. The van der Waals surface area contributed by atoms with E-state index >= 15 is 0 Å². The molecule has 1 aromatic heterocycles. The van der Waals surface area contributed by atoms with Gasteiger partial charge in [0, 0.05) is 17.5 Å². The molecule has 6 nitrogen and oxygen atoms in total. The number of imidazole rings is 1. The number of rotatable bonds is 4. The van der Waals surface area contributed by atoms with Gasteiger partial charge < -0.3 is 19.6 Å². The molecule has 0 bridgehead atoms. The highest BCUT2D eigenvalue weighted by molar-refractivity contribution is 5.67. The van der Waals surface area contributed by atoms with Crippen LogP contribution in [0.2, 0.25) is 0 Å². The van der Waals surface area contributed by atoms with Gasteiger partial charge in [0.15, 0.2) is 11.5 Å². The Labute approximate surface area is 115 Å². The molecule has 0 atom stereocenters. The van der Waals surface area contributed by atoms with Crippen molar-refractivity contribution < 1.29 is 19.4 Å². The lowest BCUT2D eigenvalue weighted by molar-refractivity contribution is -0.136. The third kappa shape index (κ3) is 2.59. The van der Waals surface area contributed by atoms with Crippen LogP contribution in [0.15, 0.2) is 24.4 Å². The van der Waals surface area contributed by atoms with Gasteiger partial charge >= 0.3 is 5.97 Å². The van der Waals surface area contributed by atoms with E-state index in [4.69, 9.17) is 14.6 Å². The number of ether oxygens (including phenoxy) is 2. The first-order valence-corrected chi connectivity index (χ1v) is 6.38. The van der Waals surface area contributed by atoms with Crippen molar-refractivity contribution in [3.05, 3.63) is 30.1 Å². The Balaban J connectivity index is 1.80. The topological polar surface area (TPSA) is 84.4 Å². The molecular weight excluding hydrogens is 260 g/mol. The van der Waals surface area contributed by atoms with Crippen LogP contribution in [0.4, 0.5) is 0 Å². The largest absolute Gasteiger partial charge is 0.486 e. The monoisotopic (exact) mass is 274 g/mol. The van der Waals surface area contributed by atoms with E-state index in [1.165, 1.54) is 0 Å². The number of carbonyl (C=O) groups is 1. The van der Waals surface area contributed by atoms with Crippen LogP contribution < -0.4 is 9.47 Å². The summed E-state index contributed by atoms with van der Waals surface area (Å²) >= 11 is 0. The molecule has 0 unspecified atom stereocenters. The number of aliphatic carboxylic acids is 1. The number of benzene rings is 1. The van der Waals surface area contributed by atoms with Gasteiger partial charge in [-0.15, -0.1) is 0 Å². The van der Waals surface area contributed by atoms with Crippen molar-refractivity contribution in [2.75, 3.05) is 13.2 Å². The molecule has 2 heterocycles. The van der Waals surface area contributed by atoms with Crippen molar-refractivity contribution in [3.8, 4) is 22.9 Å². The summed E-state index contributed by atoms with van der Waals surface area (Å²) in [5, 5.41) is 8.67. The van der Waals surface area contributed by atoms with E-state index in [2.05, 4.69) is 9.97 Å². The number of H-pyrrole nitrogens is 1. The Morgan fingerprint density at radius 2 is 2.10 bits per heavy atom. The molecule has 1 aliphatic rings. The van der Waals surface area contributed by atoms with Crippen LogP contribution in [0.25, 0.3) is 11.4 Å². The fourth-order valence-electron chi connectivity index (χ4n) is 2.07. The quantitative estimate of drug-likeness (QED) is 0.889. The normalized spacial score (nSPS) is 13.2. The summed E-state index contributed by atoms with van der Waals surface area (Å²) in [5.74, 6) is 1.32. The molecule has 6 heteroatoms. The zero-order valence-corrected chi connectivity index (χ0v) is 10.8. The van der Waals surface area contributed by atoms with Crippen LogP contribution in [-0.2, 0) is 11.2 Å². The predicted octanol–water partition coefficient (Wildman–Crippen LogP) is 1.87. The molecule has 0 saturated heterocycles. The minimum absolute atomic E-state index is 0.0861. The number of fused-ring (bicyclic) bond motifs is 1. The minimum Gasteiger partial charge on any atom is -0.486 e. The second kappa shape index (κ2) is 5.24. The van der Waals surface area contributed by atoms with Crippen molar-refractivity contribution in [2.45, 2.75) is 12.8 Å². The van der Waals surface area contributed by atoms with E-state index in [0.29, 0.717) is 31.2 Å². The van der Waals surface area contributed by atoms with Crippen LogP contribution >= 0.6 is 0 Å². The van der Waals surface area contributed by atoms with Gasteiger partial charge in [-0.25, -0.2) is 4.98 Å². The van der Waals surface area contributed by atoms with Crippen LogP contribution in [0.5, 0.6) is 11.5 Å². The van der Waals surface area contributed by atoms with Crippen molar-refractivity contribution in [1.82, 2.24) is 9.97 Å². The summed E-state index contributed by atoms with van der Waals surface area (Å²) in [6.07, 6.45) is 2.19. The van der Waals surface area contributed by atoms with Gasteiger partial charge in [0.05, 0.1) is 6.42 Å². The fraction of sp³-hybridized carbons (Fsp3) is 0.286. The first-order chi connectivity index (χ1) is 9.72. The second-order valence-corrected chi connectivity index (χ2v) is 4.51. The molecule has 2 N–H and O–H groups in total. The standard InChI is InChI=1S/C14H14N2O4/c17-13(18)4-2-10-8-15-14(16-10)9-1-3-11-12(7-9)20-6-5-19-11/h1,3,7-8H,2,4-6H2,(H,15,16)(H,17,18). The summed E-state index contributed by atoms with van der Waals surface area (Å²) in [7, 11) is 0. The number of carboxylic acid groups (broad SMARTS) is 1. The van der Waals surface area contributed by atoms with Crippen LogP contribution in [0, 0.1) is 0 Å². The summed E-state index contributed by atoms with van der Waals surface area (Å²) in [6, 6.07) is 5.62. The highest BCUT2D eigenvalue weighted by atomic mass is 16.6. The summed E-state index contributed by atoms with van der Waals surface area (Å²) in [5.41, 5.74) is 1.69. The van der Waals surface area contributed by atoms with Gasteiger partial charge in [0.1, 0.15) is 19.0 Å². The fourth-order valence-corrected chi connectivity index (χ4v) is 2.07. The van der Waals surface area contributed by atoms with E-state index in [-0.39, 0.29) is 6.42 Å². The molecule has 0 saturated carbocycles. The molecular formula is C14H14N2O4. The number of hydrogen-bond donors (Lipinski definition) is 2. The second-order valence-electron chi connectivity index (χ2n) is 4.51. The zero-order chi connectivity index (χ0) is 13.9. The molecule has 20 heavy (non-hydrogen) atoms. The van der Waals surface area contributed by atoms with Crippen LogP contribution in [0.3, 0.4) is 0 Å². The van der Waals surface area contributed by atoms with Crippen molar-refractivity contribution >= 4 is 5.97 Å². The molecule has 0 aliphatic carbocycles. The number of carboxylic acids is 1. The molecule has 0 radical (unpaired) electrons. The van der Waals surface area contributed by atoms with Crippen LogP contribution in [0.1, 0.15) is 12.1 Å². The van der Waals surface area contributed by atoms with Gasteiger partial charge in [0.2, 0.25) is 0 Å². The lowest BCUT2D eigenvalue weighted by Gasteiger charge is -2.18. The average Bonchev–Trinajstić information content (AvgIpc) is 2.93. The third-order valence-corrected chi connectivity index (χ3v) is 3.05. The summed E-state index contributed by atoms with van der Waals surface area (Å²) in [6.45, 7) is 1.10. The maximum atomic E-state index is 10.5. The molecule has 1 aliphatic heterocycles. The molecule has 0 spiro atoms. The van der Waals surface area contributed by atoms with Gasteiger partial charge in [-0.3, -0.25) is 4.79 Å². The Morgan fingerprint density at radius 3 is 2.90 bits per heavy atom. The number of nitrogens with zero attached hydrogens (tertiary/aromatic N) is 1. The van der Waals surface area contributed by atoms with E-state index in [0.717, 1.165) is 17.0 Å². The van der Waals surface area contributed by atoms with Gasteiger partial charge in [-0.05, 0) is 24.6 Å². The van der Waals surface area contributed by atoms with Gasteiger partial charge in [-0.2, -0.15) is 0 Å². The molecule has 0 amide bonds. The highest BCUT2D eigenvalue weighted by Gasteiger charge is 2.13. The Bertz CT molecular complexity index is 636. The van der Waals surface area contributed by atoms with Crippen molar-refractivity contribution in [1.29, 1.82) is 0 Å². The summed E-state index contributed by atoms with van der Waals surface area (Å²) < 4.78 is 11.0. The Hall–Kier alpha value is -2.50. The number of aromatic nitrogens is 2. The molecule has 104 valence electrons. The van der Waals surface area contributed by atoms with Gasteiger partial charge in [0.25, 0.3) is 0 Å². The molecule has 1 aromatic carbocycles. The average molecular weight is 274 g/mol. The molecule has 0 fully saturated rings. The lowest BCUT2D eigenvalue weighted by atomic mass is 10.2. The van der Waals surface area contributed by atoms with Crippen molar-refractivity contribution in [2.24, 2.45) is 0 Å². The first-order valence-electron chi connectivity index (χ1n) is 6.38. The SMILES string of the molecule is O=C(O)CCc1cnc(-c2ccc3c(c2)OCCO3)[nH]1. The number of hydrogen-bond acceptors (Lipinski definition) is 4. The van der Waals surface area contributed by atoms with Crippen LogP contribution in [-0.4, -0.2) is 34.3 Å². The van der Waals surface area contributed by atoms with Crippen molar-refractivity contribution in [3.63, 3.8) is 0 Å². The molecule has 3 rings (SSSR count). The van der Waals surface area contributed by atoms with E-state index < -0.39 is 5.97 Å².